The number of carbonyl (C=O) groups is 1. The van der Waals surface area contributed by atoms with Gasteiger partial charge in [-0.2, -0.15) is 0 Å². The molecular weight excluding hydrogens is 236 g/mol. The lowest BCUT2D eigenvalue weighted by Crippen LogP contribution is -2.36. The van der Waals surface area contributed by atoms with Gasteiger partial charge in [-0.05, 0) is 56.7 Å². The standard InChI is InChI=1S/C16H22N2O/c1-11-4-3-5-15(12(11)2)17-16(19)10-18-13-6-7-14(18)9-8-13/h3-5,13-14H,6-10H2,1-2H3,(H,17,19). The summed E-state index contributed by atoms with van der Waals surface area (Å²) >= 11 is 0. The molecule has 0 aliphatic carbocycles. The Morgan fingerprint density at radius 1 is 1.21 bits per heavy atom. The molecule has 2 saturated heterocycles. The maximum absolute atomic E-state index is 12.2. The lowest BCUT2D eigenvalue weighted by Gasteiger charge is -2.21. The summed E-state index contributed by atoms with van der Waals surface area (Å²) in [7, 11) is 0. The highest BCUT2D eigenvalue weighted by Gasteiger charge is 2.39. The number of rotatable bonds is 3. The van der Waals surface area contributed by atoms with Gasteiger partial charge >= 0.3 is 0 Å². The van der Waals surface area contributed by atoms with Crippen molar-refractivity contribution in [2.24, 2.45) is 0 Å². The molecule has 2 heterocycles. The van der Waals surface area contributed by atoms with E-state index >= 15 is 0 Å². The van der Waals surface area contributed by atoms with Gasteiger partial charge in [-0.3, -0.25) is 9.69 Å². The number of anilines is 1. The zero-order valence-electron chi connectivity index (χ0n) is 11.8. The lowest BCUT2D eigenvalue weighted by molar-refractivity contribution is -0.117. The molecule has 0 atom stereocenters. The Kier molecular flexibility index (Phi) is 3.31. The molecule has 2 aliphatic heterocycles. The van der Waals surface area contributed by atoms with Crippen molar-refractivity contribution in [3.05, 3.63) is 29.3 Å². The van der Waals surface area contributed by atoms with Gasteiger partial charge in [0.2, 0.25) is 5.91 Å². The molecule has 3 rings (SSSR count). The predicted octanol–water partition coefficient (Wildman–Crippen LogP) is 2.87. The molecule has 1 aromatic carbocycles. The average Bonchev–Trinajstić information content (AvgIpc) is 2.95. The van der Waals surface area contributed by atoms with Gasteiger partial charge in [-0.15, -0.1) is 0 Å². The third kappa shape index (κ3) is 2.39. The largest absolute Gasteiger partial charge is 0.325 e. The van der Waals surface area contributed by atoms with Crippen molar-refractivity contribution in [1.82, 2.24) is 4.90 Å². The number of benzene rings is 1. The summed E-state index contributed by atoms with van der Waals surface area (Å²) in [6, 6.07) is 7.38. The molecule has 2 bridgehead atoms. The minimum atomic E-state index is 0.132. The van der Waals surface area contributed by atoms with E-state index in [4.69, 9.17) is 0 Å². The molecule has 0 unspecified atom stereocenters. The van der Waals surface area contributed by atoms with Crippen molar-refractivity contribution >= 4 is 11.6 Å². The fraction of sp³-hybridized carbons (Fsp3) is 0.562. The summed E-state index contributed by atoms with van der Waals surface area (Å²) in [4.78, 5) is 14.6. The van der Waals surface area contributed by atoms with Crippen molar-refractivity contribution in [2.75, 3.05) is 11.9 Å². The Hall–Kier alpha value is -1.35. The van der Waals surface area contributed by atoms with E-state index in [0.29, 0.717) is 18.6 Å². The molecular formula is C16H22N2O. The summed E-state index contributed by atoms with van der Waals surface area (Å²) in [6.07, 6.45) is 5.12. The van der Waals surface area contributed by atoms with Gasteiger partial charge in [0.1, 0.15) is 0 Å². The van der Waals surface area contributed by atoms with E-state index in [0.717, 1.165) is 5.69 Å². The van der Waals surface area contributed by atoms with E-state index in [1.54, 1.807) is 0 Å². The SMILES string of the molecule is Cc1cccc(NC(=O)CN2C3CCC2CC3)c1C. The van der Waals surface area contributed by atoms with Gasteiger partial charge < -0.3 is 5.32 Å². The van der Waals surface area contributed by atoms with Crippen LogP contribution < -0.4 is 5.32 Å². The minimum Gasteiger partial charge on any atom is -0.325 e. The second kappa shape index (κ2) is 4.97. The summed E-state index contributed by atoms with van der Waals surface area (Å²) in [5.41, 5.74) is 3.34. The van der Waals surface area contributed by atoms with Gasteiger partial charge in [0.25, 0.3) is 0 Å². The zero-order chi connectivity index (χ0) is 13.4. The molecule has 19 heavy (non-hydrogen) atoms. The molecule has 2 fully saturated rings. The highest BCUT2D eigenvalue weighted by atomic mass is 16.2. The molecule has 0 radical (unpaired) electrons. The first kappa shape index (κ1) is 12.7. The molecule has 3 nitrogen and oxygen atoms in total. The van der Waals surface area contributed by atoms with Crippen LogP contribution >= 0.6 is 0 Å². The van der Waals surface area contributed by atoms with Crippen LogP contribution in [0.25, 0.3) is 0 Å². The fourth-order valence-corrected chi connectivity index (χ4v) is 3.52. The van der Waals surface area contributed by atoms with Crippen LogP contribution in [0.5, 0.6) is 0 Å². The molecule has 1 amide bonds. The first-order valence-electron chi connectivity index (χ1n) is 7.27. The fourth-order valence-electron chi connectivity index (χ4n) is 3.52. The molecule has 1 aromatic rings. The summed E-state index contributed by atoms with van der Waals surface area (Å²) in [6.45, 7) is 4.69. The summed E-state index contributed by atoms with van der Waals surface area (Å²) in [5.74, 6) is 0.132. The van der Waals surface area contributed by atoms with Crippen LogP contribution in [0.2, 0.25) is 0 Å². The predicted molar refractivity (Wildman–Crippen MR) is 77.3 cm³/mol. The Balaban J connectivity index is 1.64. The highest BCUT2D eigenvalue weighted by molar-refractivity contribution is 5.93. The van der Waals surface area contributed by atoms with E-state index in [1.165, 1.54) is 36.8 Å². The quantitative estimate of drug-likeness (QED) is 0.904. The molecule has 2 aliphatic rings. The maximum Gasteiger partial charge on any atom is 0.238 e. The highest BCUT2D eigenvalue weighted by Crippen LogP contribution is 2.36. The van der Waals surface area contributed by atoms with Crippen LogP contribution in [0.4, 0.5) is 5.69 Å². The molecule has 1 N–H and O–H groups in total. The van der Waals surface area contributed by atoms with Crippen LogP contribution in [-0.4, -0.2) is 29.4 Å². The van der Waals surface area contributed by atoms with Gasteiger partial charge in [0, 0.05) is 17.8 Å². The number of fused-ring (bicyclic) bond motifs is 2. The van der Waals surface area contributed by atoms with Gasteiger partial charge in [0.15, 0.2) is 0 Å². The summed E-state index contributed by atoms with van der Waals surface area (Å²) < 4.78 is 0. The van der Waals surface area contributed by atoms with E-state index in [2.05, 4.69) is 30.1 Å². The van der Waals surface area contributed by atoms with Gasteiger partial charge in [-0.25, -0.2) is 0 Å². The Bertz CT molecular complexity index is 478. The first-order chi connectivity index (χ1) is 9.15. The monoisotopic (exact) mass is 258 g/mol. The first-order valence-corrected chi connectivity index (χ1v) is 7.27. The van der Waals surface area contributed by atoms with E-state index < -0.39 is 0 Å². The van der Waals surface area contributed by atoms with Crippen molar-refractivity contribution in [1.29, 1.82) is 0 Å². The molecule has 102 valence electrons. The number of nitrogens with zero attached hydrogens (tertiary/aromatic N) is 1. The van der Waals surface area contributed by atoms with Gasteiger partial charge in [-0.1, -0.05) is 12.1 Å². The summed E-state index contributed by atoms with van der Waals surface area (Å²) in [5, 5.41) is 3.07. The topological polar surface area (TPSA) is 32.3 Å². The van der Waals surface area contributed by atoms with E-state index in [1.807, 2.05) is 12.1 Å². The molecule has 3 heteroatoms. The van der Waals surface area contributed by atoms with Crippen LogP contribution in [0, 0.1) is 13.8 Å². The zero-order valence-corrected chi connectivity index (χ0v) is 11.8. The number of carbonyl (C=O) groups excluding carboxylic acids is 1. The second-order valence-electron chi connectivity index (χ2n) is 5.93. The number of nitrogens with one attached hydrogen (secondary N) is 1. The van der Waals surface area contributed by atoms with Crippen molar-refractivity contribution in [3.8, 4) is 0 Å². The maximum atomic E-state index is 12.2. The Morgan fingerprint density at radius 3 is 2.47 bits per heavy atom. The van der Waals surface area contributed by atoms with Crippen LogP contribution in [-0.2, 0) is 4.79 Å². The Labute approximate surface area is 115 Å². The average molecular weight is 258 g/mol. The number of amides is 1. The number of hydrogen-bond acceptors (Lipinski definition) is 2. The van der Waals surface area contributed by atoms with E-state index in [-0.39, 0.29) is 5.91 Å². The van der Waals surface area contributed by atoms with Crippen LogP contribution in [0.1, 0.15) is 36.8 Å². The van der Waals surface area contributed by atoms with Crippen molar-refractivity contribution in [3.63, 3.8) is 0 Å². The van der Waals surface area contributed by atoms with Crippen molar-refractivity contribution in [2.45, 2.75) is 51.6 Å². The number of aryl methyl sites for hydroxylation is 1. The normalized spacial score (nSPS) is 25.8. The molecule has 0 saturated carbocycles. The van der Waals surface area contributed by atoms with Crippen LogP contribution in [0.3, 0.4) is 0 Å². The Morgan fingerprint density at radius 2 is 1.84 bits per heavy atom. The molecule has 0 aromatic heterocycles. The minimum absolute atomic E-state index is 0.132. The molecule has 0 spiro atoms. The third-order valence-electron chi connectivity index (χ3n) is 4.81. The lowest BCUT2D eigenvalue weighted by atomic mass is 10.0. The number of hydrogen-bond donors (Lipinski definition) is 1. The van der Waals surface area contributed by atoms with Crippen LogP contribution in [0.15, 0.2) is 18.2 Å². The third-order valence-corrected chi connectivity index (χ3v) is 4.81. The second-order valence-corrected chi connectivity index (χ2v) is 5.93. The van der Waals surface area contributed by atoms with Crippen molar-refractivity contribution < 1.29 is 4.79 Å². The van der Waals surface area contributed by atoms with E-state index in [9.17, 15) is 4.79 Å². The van der Waals surface area contributed by atoms with Gasteiger partial charge in [0.05, 0.1) is 6.54 Å². The smallest absolute Gasteiger partial charge is 0.238 e.